The first-order chi connectivity index (χ1) is 10.3. The van der Waals surface area contributed by atoms with Crippen molar-refractivity contribution in [2.24, 2.45) is 0 Å². The number of imide groups is 1. The molecule has 1 aliphatic rings. The molecule has 0 spiro atoms. The fourth-order valence-electron chi connectivity index (χ4n) is 2.27. The van der Waals surface area contributed by atoms with E-state index < -0.39 is 0 Å². The zero-order valence-corrected chi connectivity index (χ0v) is 13.1. The second-order valence-electron chi connectivity index (χ2n) is 6.29. The molecule has 4 amide bonds. The lowest BCUT2D eigenvalue weighted by molar-refractivity contribution is 0.0653. The molecule has 0 fully saturated rings. The molecule has 0 saturated carbocycles. The Morgan fingerprint density at radius 3 is 2.14 bits per heavy atom. The maximum atomic E-state index is 12.1. The van der Waals surface area contributed by atoms with Gasteiger partial charge < -0.3 is 10.6 Å². The first kappa shape index (κ1) is 16.0. The van der Waals surface area contributed by atoms with Gasteiger partial charge in [0, 0.05) is 18.6 Å². The van der Waals surface area contributed by atoms with Crippen molar-refractivity contribution >= 4 is 17.8 Å². The van der Waals surface area contributed by atoms with E-state index in [0.717, 1.165) is 0 Å². The molecule has 2 rings (SSSR count). The summed E-state index contributed by atoms with van der Waals surface area (Å²) in [6.45, 7) is 6.37. The molecule has 6 heteroatoms. The van der Waals surface area contributed by atoms with Crippen LogP contribution >= 0.6 is 0 Å². The standard InChI is InChI=1S/C16H21N3O3/c1-16(2,3)18-15(22)17-9-6-10-19-13(20)11-7-4-5-8-12(11)14(19)21/h4-5,7-8H,6,9-10H2,1-3H3,(H2,17,18,22). The summed E-state index contributed by atoms with van der Waals surface area (Å²) in [6, 6.07) is 6.54. The van der Waals surface area contributed by atoms with Crippen LogP contribution in [0.4, 0.5) is 4.79 Å². The van der Waals surface area contributed by atoms with Crippen LogP contribution in [0.15, 0.2) is 24.3 Å². The first-order valence-corrected chi connectivity index (χ1v) is 7.31. The number of rotatable bonds is 4. The maximum absolute atomic E-state index is 12.1. The van der Waals surface area contributed by atoms with Crippen LogP contribution in [0.1, 0.15) is 47.9 Å². The summed E-state index contributed by atoms with van der Waals surface area (Å²) in [7, 11) is 0. The van der Waals surface area contributed by atoms with Crippen LogP contribution in [0.5, 0.6) is 0 Å². The molecular formula is C16H21N3O3. The minimum atomic E-state index is -0.299. The highest BCUT2D eigenvalue weighted by Crippen LogP contribution is 2.22. The predicted molar refractivity (Wildman–Crippen MR) is 82.7 cm³/mol. The average molecular weight is 303 g/mol. The highest BCUT2D eigenvalue weighted by molar-refractivity contribution is 6.21. The molecule has 0 saturated heterocycles. The molecule has 22 heavy (non-hydrogen) atoms. The second-order valence-corrected chi connectivity index (χ2v) is 6.29. The van der Waals surface area contributed by atoms with E-state index in [1.54, 1.807) is 24.3 Å². The van der Waals surface area contributed by atoms with Crippen molar-refractivity contribution in [3.63, 3.8) is 0 Å². The Morgan fingerprint density at radius 2 is 1.64 bits per heavy atom. The van der Waals surface area contributed by atoms with E-state index in [1.165, 1.54) is 4.90 Å². The minimum absolute atomic E-state index is 0.255. The van der Waals surface area contributed by atoms with Crippen LogP contribution in [0.25, 0.3) is 0 Å². The Balaban J connectivity index is 1.81. The van der Waals surface area contributed by atoms with Crippen molar-refractivity contribution in [1.29, 1.82) is 0 Å². The minimum Gasteiger partial charge on any atom is -0.338 e. The van der Waals surface area contributed by atoms with Crippen molar-refractivity contribution < 1.29 is 14.4 Å². The number of amides is 4. The molecule has 0 aliphatic carbocycles. The van der Waals surface area contributed by atoms with Gasteiger partial charge in [-0.1, -0.05) is 12.1 Å². The van der Waals surface area contributed by atoms with E-state index in [-0.39, 0.29) is 23.4 Å². The molecule has 0 bridgehead atoms. The monoisotopic (exact) mass is 303 g/mol. The fourth-order valence-corrected chi connectivity index (χ4v) is 2.27. The van der Waals surface area contributed by atoms with Crippen LogP contribution in [-0.2, 0) is 0 Å². The van der Waals surface area contributed by atoms with E-state index in [0.29, 0.717) is 30.6 Å². The van der Waals surface area contributed by atoms with Gasteiger partial charge in [-0.2, -0.15) is 0 Å². The number of hydrogen-bond donors (Lipinski definition) is 2. The summed E-state index contributed by atoms with van der Waals surface area (Å²) in [5, 5.41) is 5.50. The van der Waals surface area contributed by atoms with Crippen LogP contribution < -0.4 is 10.6 Å². The zero-order valence-electron chi connectivity index (χ0n) is 13.1. The average Bonchev–Trinajstić information content (AvgIpc) is 2.67. The van der Waals surface area contributed by atoms with Crippen LogP contribution in [0.3, 0.4) is 0 Å². The van der Waals surface area contributed by atoms with Crippen molar-refractivity contribution in [3.05, 3.63) is 35.4 Å². The normalized spacial score (nSPS) is 14.0. The molecule has 0 atom stereocenters. The van der Waals surface area contributed by atoms with Crippen molar-refractivity contribution in [2.75, 3.05) is 13.1 Å². The van der Waals surface area contributed by atoms with Gasteiger partial charge in [-0.25, -0.2) is 4.79 Å². The van der Waals surface area contributed by atoms with Gasteiger partial charge in [0.25, 0.3) is 11.8 Å². The van der Waals surface area contributed by atoms with Crippen LogP contribution in [0, 0.1) is 0 Å². The molecular weight excluding hydrogens is 282 g/mol. The van der Waals surface area contributed by atoms with E-state index in [4.69, 9.17) is 0 Å². The summed E-state index contributed by atoms with van der Waals surface area (Å²) in [6.07, 6.45) is 0.517. The van der Waals surface area contributed by atoms with Gasteiger partial charge in [0.2, 0.25) is 0 Å². The Labute approximate surface area is 129 Å². The highest BCUT2D eigenvalue weighted by Gasteiger charge is 2.34. The molecule has 118 valence electrons. The summed E-state index contributed by atoms with van der Waals surface area (Å²) in [5.74, 6) is -0.528. The number of nitrogens with zero attached hydrogens (tertiary/aromatic N) is 1. The fraction of sp³-hybridized carbons (Fsp3) is 0.438. The SMILES string of the molecule is CC(C)(C)NC(=O)NCCCN1C(=O)c2ccccc2C1=O. The molecule has 1 heterocycles. The lowest BCUT2D eigenvalue weighted by Crippen LogP contribution is -2.47. The quantitative estimate of drug-likeness (QED) is 0.657. The molecule has 1 aliphatic heterocycles. The van der Waals surface area contributed by atoms with Crippen LogP contribution in [0.2, 0.25) is 0 Å². The van der Waals surface area contributed by atoms with Gasteiger partial charge in [-0.15, -0.1) is 0 Å². The number of hydrogen-bond acceptors (Lipinski definition) is 3. The zero-order chi connectivity index (χ0) is 16.3. The van der Waals surface area contributed by atoms with Crippen molar-refractivity contribution in [1.82, 2.24) is 15.5 Å². The van der Waals surface area contributed by atoms with E-state index in [9.17, 15) is 14.4 Å². The lowest BCUT2D eigenvalue weighted by atomic mass is 10.1. The van der Waals surface area contributed by atoms with E-state index in [2.05, 4.69) is 10.6 Å². The lowest BCUT2D eigenvalue weighted by Gasteiger charge is -2.21. The number of fused-ring (bicyclic) bond motifs is 1. The summed E-state index contributed by atoms with van der Waals surface area (Å²) < 4.78 is 0. The third kappa shape index (κ3) is 3.63. The van der Waals surface area contributed by atoms with Gasteiger partial charge in [-0.3, -0.25) is 14.5 Å². The van der Waals surface area contributed by atoms with Gasteiger partial charge in [0.05, 0.1) is 11.1 Å². The third-order valence-electron chi connectivity index (χ3n) is 3.21. The predicted octanol–water partition coefficient (Wildman–Crippen LogP) is 1.77. The first-order valence-electron chi connectivity index (χ1n) is 7.31. The second kappa shape index (κ2) is 6.17. The molecule has 6 nitrogen and oxygen atoms in total. The van der Waals surface area contributed by atoms with Gasteiger partial charge >= 0.3 is 6.03 Å². The Bertz CT molecular complexity index is 570. The highest BCUT2D eigenvalue weighted by atomic mass is 16.2. The van der Waals surface area contributed by atoms with Crippen molar-refractivity contribution in [3.8, 4) is 0 Å². The Kier molecular flexibility index (Phi) is 4.49. The van der Waals surface area contributed by atoms with Crippen molar-refractivity contribution in [2.45, 2.75) is 32.7 Å². The summed E-state index contributed by atoms with van der Waals surface area (Å²) in [5.41, 5.74) is 0.601. The number of urea groups is 1. The third-order valence-corrected chi connectivity index (χ3v) is 3.21. The topological polar surface area (TPSA) is 78.5 Å². The van der Waals surface area contributed by atoms with Crippen LogP contribution in [-0.4, -0.2) is 41.4 Å². The van der Waals surface area contributed by atoms with Gasteiger partial charge in [0.1, 0.15) is 0 Å². The summed E-state index contributed by atoms with van der Waals surface area (Å²) >= 11 is 0. The number of benzene rings is 1. The molecule has 1 aromatic carbocycles. The van der Waals surface area contributed by atoms with E-state index >= 15 is 0 Å². The number of carbonyl (C=O) groups is 3. The summed E-state index contributed by atoms with van der Waals surface area (Å²) in [4.78, 5) is 37.1. The molecule has 0 unspecified atom stereocenters. The largest absolute Gasteiger partial charge is 0.338 e. The van der Waals surface area contributed by atoms with Gasteiger partial charge in [-0.05, 0) is 39.3 Å². The Hall–Kier alpha value is -2.37. The molecule has 0 aromatic heterocycles. The van der Waals surface area contributed by atoms with Gasteiger partial charge in [0.15, 0.2) is 0 Å². The molecule has 1 aromatic rings. The number of nitrogens with one attached hydrogen (secondary N) is 2. The number of carbonyl (C=O) groups excluding carboxylic acids is 3. The Morgan fingerprint density at radius 1 is 1.09 bits per heavy atom. The van der Waals surface area contributed by atoms with E-state index in [1.807, 2.05) is 20.8 Å². The molecule has 2 N–H and O–H groups in total. The maximum Gasteiger partial charge on any atom is 0.315 e. The molecule has 0 radical (unpaired) electrons. The smallest absolute Gasteiger partial charge is 0.315 e.